The Kier molecular flexibility index (Phi) is 5.49. The fourth-order valence-corrected chi connectivity index (χ4v) is 2.77. The number of carbonyl (C=O) groups is 1. The van der Waals surface area contributed by atoms with Gasteiger partial charge in [-0.15, -0.1) is 0 Å². The summed E-state index contributed by atoms with van der Waals surface area (Å²) >= 11 is 0. The van der Waals surface area contributed by atoms with Gasteiger partial charge in [-0.2, -0.15) is 0 Å². The molecule has 0 unspecified atom stereocenters. The van der Waals surface area contributed by atoms with Crippen LogP contribution in [0.4, 0.5) is 4.39 Å². The van der Waals surface area contributed by atoms with Gasteiger partial charge in [-0.05, 0) is 37.9 Å². The van der Waals surface area contributed by atoms with E-state index < -0.39 is 0 Å². The van der Waals surface area contributed by atoms with Crippen LogP contribution in [0.2, 0.25) is 0 Å². The van der Waals surface area contributed by atoms with E-state index in [2.05, 4.69) is 10.3 Å². The molecule has 5 heteroatoms. The summed E-state index contributed by atoms with van der Waals surface area (Å²) in [5.41, 5.74) is 3.60. The van der Waals surface area contributed by atoms with E-state index >= 15 is 0 Å². The molecule has 0 saturated heterocycles. The van der Waals surface area contributed by atoms with Gasteiger partial charge in [0.15, 0.2) is 0 Å². The number of aromatic nitrogens is 1. The molecule has 2 N–H and O–H groups in total. The summed E-state index contributed by atoms with van der Waals surface area (Å²) in [4.78, 5) is 18.0. The van der Waals surface area contributed by atoms with Gasteiger partial charge in [0.2, 0.25) is 0 Å². The summed E-state index contributed by atoms with van der Waals surface area (Å²) in [6.07, 6.45) is 0. The van der Waals surface area contributed by atoms with Crippen LogP contribution in [0.15, 0.2) is 60.7 Å². The van der Waals surface area contributed by atoms with Crippen LogP contribution in [0, 0.1) is 5.82 Å². The monoisotopic (exact) mass is 351 g/mol. The van der Waals surface area contributed by atoms with Crippen LogP contribution in [0.1, 0.15) is 10.4 Å². The van der Waals surface area contributed by atoms with Crippen molar-refractivity contribution in [2.75, 3.05) is 27.2 Å². The lowest BCUT2D eigenvalue weighted by Gasteiger charge is -2.10. The average Bonchev–Trinajstić information content (AvgIpc) is 3.07. The topological polar surface area (TPSA) is 48.1 Å². The van der Waals surface area contributed by atoms with Gasteiger partial charge < -0.3 is 15.2 Å². The number of nitrogens with zero attached hydrogens (tertiary/aromatic N) is 1. The Morgan fingerprint density at radius 2 is 1.77 bits per heavy atom. The number of carbonyl (C=O) groups excluding carboxylic acids is 1. The van der Waals surface area contributed by atoms with Gasteiger partial charge in [0.25, 0.3) is 5.91 Å². The Labute approximate surface area is 152 Å². The number of halogens is 1. The van der Waals surface area contributed by atoms with Gasteiger partial charge in [-0.25, -0.2) is 4.39 Å². The van der Waals surface area contributed by atoms with E-state index in [-0.39, 0.29) is 11.7 Å². The first-order valence-corrected chi connectivity index (χ1v) is 8.52. The van der Waals surface area contributed by atoms with E-state index in [1.54, 1.807) is 12.1 Å². The molecular formula is C21H22FN3O. The van der Waals surface area contributed by atoms with Gasteiger partial charge in [0.05, 0.1) is 11.3 Å². The molecule has 1 heterocycles. The molecule has 1 aromatic heterocycles. The zero-order valence-corrected chi connectivity index (χ0v) is 14.9. The summed E-state index contributed by atoms with van der Waals surface area (Å²) in [6, 6.07) is 17.8. The van der Waals surface area contributed by atoms with Crippen LogP contribution in [-0.4, -0.2) is 43.0 Å². The third kappa shape index (κ3) is 4.18. The second-order valence-electron chi connectivity index (χ2n) is 6.41. The first-order valence-electron chi connectivity index (χ1n) is 8.52. The van der Waals surface area contributed by atoms with Gasteiger partial charge in [0, 0.05) is 24.3 Å². The van der Waals surface area contributed by atoms with Crippen molar-refractivity contribution in [2.45, 2.75) is 0 Å². The molecule has 0 radical (unpaired) electrons. The normalized spacial score (nSPS) is 10.9. The predicted octanol–water partition coefficient (Wildman–Crippen LogP) is 3.78. The molecule has 0 spiro atoms. The van der Waals surface area contributed by atoms with Crippen molar-refractivity contribution in [1.82, 2.24) is 15.2 Å². The molecule has 3 rings (SSSR count). The van der Waals surface area contributed by atoms with Crippen molar-refractivity contribution in [3.8, 4) is 22.5 Å². The van der Waals surface area contributed by atoms with Crippen molar-refractivity contribution in [2.24, 2.45) is 0 Å². The highest BCUT2D eigenvalue weighted by molar-refractivity contribution is 6.01. The van der Waals surface area contributed by atoms with Crippen molar-refractivity contribution < 1.29 is 9.18 Å². The van der Waals surface area contributed by atoms with Crippen LogP contribution >= 0.6 is 0 Å². The van der Waals surface area contributed by atoms with E-state index in [9.17, 15) is 9.18 Å². The molecule has 0 aliphatic rings. The molecule has 0 bridgehead atoms. The minimum atomic E-state index is -0.310. The number of amides is 1. The predicted molar refractivity (Wildman–Crippen MR) is 103 cm³/mol. The Hall–Kier alpha value is -2.92. The standard InChI is InChI=1S/C21H22FN3O/c1-25(2)12-11-23-21(26)18-14-19(16-9-6-10-17(22)13-16)24-20(18)15-7-4-3-5-8-15/h3-10,13-14,24H,11-12H2,1-2H3,(H,23,26). The van der Waals surface area contributed by atoms with Gasteiger partial charge in [0.1, 0.15) is 5.82 Å². The maximum absolute atomic E-state index is 13.6. The quantitative estimate of drug-likeness (QED) is 0.710. The van der Waals surface area contributed by atoms with Crippen LogP contribution in [0.3, 0.4) is 0 Å². The lowest BCUT2D eigenvalue weighted by Crippen LogP contribution is -2.31. The highest BCUT2D eigenvalue weighted by Gasteiger charge is 2.17. The maximum Gasteiger partial charge on any atom is 0.253 e. The van der Waals surface area contributed by atoms with E-state index in [1.165, 1.54) is 12.1 Å². The van der Waals surface area contributed by atoms with Crippen molar-refractivity contribution >= 4 is 5.91 Å². The minimum Gasteiger partial charge on any atom is -0.354 e. The smallest absolute Gasteiger partial charge is 0.253 e. The van der Waals surface area contributed by atoms with Crippen molar-refractivity contribution in [1.29, 1.82) is 0 Å². The van der Waals surface area contributed by atoms with E-state index in [1.807, 2.05) is 55.4 Å². The summed E-state index contributed by atoms with van der Waals surface area (Å²) in [6.45, 7) is 1.31. The van der Waals surface area contributed by atoms with Gasteiger partial charge in [-0.1, -0.05) is 42.5 Å². The summed E-state index contributed by atoms with van der Waals surface area (Å²) in [7, 11) is 3.92. The lowest BCUT2D eigenvalue weighted by molar-refractivity contribution is 0.0952. The zero-order chi connectivity index (χ0) is 18.5. The number of hydrogen-bond acceptors (Lipinski definition) is 2. The van der Waals surface area contributed by atoms with Crippen molar-refractivity contribution in [3.63, 3.8) is 0 Å². The zero-order valence-electron chi connectivity index (χ0n) is 14.9. The third-order valence-electron chi connectivity index (χ3n) is 4.10. The Balaban J connectivity index is 1.97. The number of aromatic amines is 1. The molecule has 134 valence electrons. The highest BCUT2D eigenvalue weighted by atomic mass is 19.1. The van der Waals surface area contributed by atoms with Crippen LogP contribution in [0.5, 0.6) is 0 Å². The average molecular weight is 351 g/mol. The molecule has 26 heavy (non-hydrogen) atoms. The molecule has 0 saturated carbocycles. The fraction of sp³-hybridized carbons (Fsp3) is 0.190. The molecule has 2 aromatic carbocycles. The number of benzene rings is 2. The van der Waals surface area contributed by atoms with Gasteiger partial charge >= 0.3 is 0 Å². The molecule has 4 nitrogen and oxygen atoms in total. The number of hydrogen-bond donors (Lipinski definition) is 2. The lowest BCUT2D eigenvalue weighted by atomic mass is 10.1. The van der Waals surface area contributed by atoms with E-state index in [0.29, 0.717) is 23.4 Å². The largest absolute Gasteiger partial charge is 0.354 e. The summed E-state index contributed by atoms with van der Waals surface area (Å²) < 4.78 is 13.6. The van der Waals surface area contributed by atoms with Crippen LogP contribution in [-0.2, 0) is 0 Å². The first-order chi connectivity index (χ1) is 12.5. The molecule has 0 aliphatic heterocycles. The fourth-order valence-electron chi connectivity index (χ4n) is 2.77. The van der Waals surface area contributed by atoms with Crippen LogP contribution in [0.25, 0.3) is 22.5 Å². The van der Waals surface area contributed by atoms with E-state index in [4.69, 9.17) is 0 Å². The van der Waals surface area contributed by atoms with Crippen molar-refractivity contribution in [3.05, 3.63) is 72.0 Å². The Morgan fingerprint density at radius 3 is 2.46 bits per heavy atom. The van der Waals surface area contributed by atoms with Crippen LogP contribution < -0.4 is 5.32 Å². The number of rotatable bonds is 6. The molecule has 0 fully saturated rings. The van der Waals surface area contributed by atoms with Gasteiger partial charge in [-0.3, -0.25) is 4.79 Å². The molecular weight excluding hydrogens is 329 g/mol. The number of nitrogens with one attached hydrogen (secondary N) is 2. The Morgan fingerprint density at radius 1 is 1.04 bits per heavy atom. The molecule has 1 amide bonds. The first kappa shape index (κ1) is 17.9. The maximum atomic E-state index is 13.6. The highest BCUT2D eigenvalue weighted by Crippen LogP contribution is 2.29. The third-order valence-corrected chi connectivity index (χ3v) is 4.10. The number of likely N-dealkylation sites (N-methyl/N-ethyl adjacent to an activating group) is 1. The summed E-state index contributed by atoms with van der Waals surface area (Å²) in [5.74, 6) is -0.458. The van der Waals surface area contributed by atoms with E-state index in [0.717, 1.165) is 17.8 Å². The minimum absolute atomic E-state index is 0.149. The second-order valence-corrected chi connectivity index (χ2v) is 6.41. The molecule has 0 atom stereocenters. The second kappa shape index (κ2) is 7.97. The molecule has 3 aromatic rings. The summed E-state index contributed by atoms with van der Waals surface area (Å²) in [5, 5.41) is 2.94. The molecule has 0 aliphatic carbocycles. The number of H-pyrrole nitrogens is 1. The SMILES string of the molecule is CN(C)CCNC(=O)c1cc(-c2cccc(F)c2)[nH]c1-c1ccccc1. The Bertz CT molecular complexity index is 887.